The van der Waals surface area contributed by atoms with Gasteiger partial charge in [0.15, 0.2) is 6.10 Å². The first-order chi connectivity index (χ1) is 15.8. The zero-order chi connectivity index (χ0) is 25.5. The Kier molecular flexibility index (Phi) is 9.04. The van der Waals surface area contributed by atoms with Crippen LogP contribution in [0.3, 0.4) is 0 Å². The number of rotatable bonds is 1. The molecule has 8 heteroatoms. The fraction of sp³-hybridized carbons (Fsp3) is 0.500. The number of alkyl carbamates (subject to hydrolysis) is 1. The largest absolute Gasteiger partial charge is 0.444 e. The second-order valence-electron chi connectivity index (χ2n) is 10.3. The van der Waals surface area contributed by atoms with Crippen LogP contribution in [0.15, 0.2) is 48.1 Å². The van der Waals surface area contributed by atoms with Gasteiger partial charge in [-0.05, 0) is 58.1 Å². The van der Waals surface area contributed by atoms with Crippen LogP contribution in [-0.2, 0) is 14.3 Å². The molecule has 1 aliphatic heterocycles. The summed E-state index contributed by atoms with van der Waals surface area (Å²) in [5.41, 5.74) is 0.763. The van der Waals surface area contributed by atoms with E-state index >= 15 is 0 Å². The van der Waals surface area contributed by atoms with Gasteiger partial charge in [-0.1, -0.05) is 49.8 Å². The highest BCUT2D eigenvalue weighted by Crippen LogP contribution is 2.28. The van der Waals surface area contributed by atoms with Gasteiger partial charge in [0.1, 0.15) is 5.60 Å². The van der Waals surface area contributed by atoms with Crippen LogP contribution in [0.4, 0.5) is 16.2 Å². The van der Waals surface area contributed by atoms with Crippen molar-refractivity contribution in [3.05, 3.63) is 48.1 Å². The average molecular weight is 472 g/mol. The maximum Gasteiger partial charge on any atom is 0.407 e. The van der Waals surface area contributed by atoms with Crippen LogP contribution in [0.5, 0.6) is 0 Å². The van der Waals surface area contributed by atoms with Crippen molar-refractivity contribution < 1.29 is 24.2 Å². The minimum Gasteiger partial charge on any atom is -0.444 e. The number of nitrogens with one attached hydrogen (secondary N) is 3. The molecule has 0 saturated carbocycles. The van der Waals surface area contributed by atoms with Crippen molar-refractivity contribution >= 4 is 29.3 Å². The molecule has 0 radical (unpaired) electrons. The van der Waals surface area contributed by atoms with Crippen LogP contribution in [0, 0.1) is 5.41 Å². The van der Waals surface area contributed by atoms with Crippen LogP contribution in [0.2, 0.25) is 0 Å². The third kappa shape index (κ3) is 9.02. The molecule has 0 bridgehead atoms. The lowest BCUT2D eigenvalue weighted by Gasteiger charge is -2.26. The van der Waals surface area contributed by atoms with Gasteiger partial charge in [0, 0.05) is 6.42 Å². The summed E-state index contributed by atoms with van der Waals surface area (Å²) in [5, 5.41) is 18.9. The molecule has 34 heavy (non-hydrogen) atoms. The van der Waals surface area contributed by atoms with Gasteiger partial charge < -0.3 is 25.8 Å². The molecule has 1 aliphatic rings. The first kappa shape index (κ1) is 27.1. The van der Waals surface area contributed by atoms with E-state index in [9.17, 15) is 19.5 Å². The molecule has 0 fully saturated rings. The molecule has 186 valence electrons. The lowest BCUT2D eigenvalue weighted by Crippen LogP contribution is -2.49. The molecule has 1 aromatic rings. The Bertz CT molecular complexity index is 959. The smallest absolute Gasteiger partial charge is 0.407 e. The molecule has 0 saturated heterocycles. The Balaban J connectivity index is 2.37. The molecule has 0 aromatic heterocycles. The van der Waals surface area contributed by atoms with Crippen molar-refractivity contribution in [2.24, 2.45) is 5.41 Å². The summed E-state index contributed by atoms with van der Waals surface area (Å²) in [6.45, 7) is 11.2. The monoisotopic (exact) mass is 471 g/mol. The second-order valence-corrected chi connectivity index (χ2v) is 10.3. The summed E-state index contributed by atoms with van der Waals surface area (Å²) in [4.78, 5) is 37.9. The number of allylic oxidation sites excluding steroid dienone is 3. The third-order valence-corrected chi connectivity index (χ3v) is 5.06. The van der Waals surface area contributed by atoms with E-state index in [1.807, 2.05) is 32.9 Å². The molecule has 0 aliphatic carbocycles. The summed E-state index contributed by atoms with van der Waals surface area (Å²) in [5.74, 6) is -0.900. The Morgan fingerprint density at radius 3 is 2.35 bits per heavy atom. The van der Waals surface area contributed by atoms with E-state index in [1.165, 1.54) is 0 Å². The maximum atomic E-state index is 12.9. The predicted molar refractivity (Wildman–Crippen MR) is 133 cm³/mol. The Hall–Kier alpha value is -3.13. The number of aliphatic hydroxyl groups excluding tert-OH is 1. The van der Waals surface area contributed by atoms with E-state index in [2.05, 4.69) is 22.0 Å². The van der Waals surface area contributed by atoms with E-state index in [1.54, 1.807) is 45.0 Å². The van der Waals surface area contributed by atoms with Crippen molar-refractivity contribution in [3.8, 4) is 0 Å². The number of ether oxygens (including phenoxy) is 1. The minimum atomic E-state index is -1.55. The molecule has 3 amide bonds. The van der Waals surface area contributed by atoms with E-state index in [4.69, 9.17) is 4.74 Å². The van der Waals surface area contributed by atoms with Gasteiger partial charge in [-0.2, -0.15) is 0 Å². The third-order valence-electron chi connectivity index (χ3n) is 5.06. The van der Waals surface area contributed by atoms with Crippen LogP contribution in [0.25, 0.3) is 0 Å². The molecular formula is C26H37N3O5. The highest BCUT2D eigenvalue weighted by molar-refractivity contribution is 6.01. The molecule has 2 rings (SSSR count). The zero-order valence-corrected chi connectivity index (χ0v) is 20.9. The summed E-state index contributed by atoms with van der Waals surface area (Å²) in [6.07, 6.45) is 4.65. The van der Waals surface area contributed by atoms with Gasteiger partial charge in [0.05, 0.1) is 17.4 Å². The Labute approximate surface area is 201 Å². The van der Waals surface area contributed by atoms with Crippen LogP contribution >= 0.6 is 0 Å². The number of anilines is 2. The second kappa shape index (κ2) is 11.3. The van der Waals surface area contributed by atoms with Gasteiger partial charge in [-0.15, -0.1) is 0 Å². The van der Waals surface area contributed by atoms with Crippen molar-refractivity contribution in [3.63, 3.8) is 0 Å². The normalized spacial score (nSPS) is 24.5. The van der Waals surface area contributed by atoms with E-state index in [0.29, 0.717) is 17.8 Å². The quantitative estimate of drug-likeness (QED) is 0.449. The highest BCUT2D eigenvalue weighted by atomic mass is 16.6. The number of benzene rings is 1. The van der Waals surface area contributed by atoms with E-state index < -0.39 is 29.7 Å². The lowest BCUT2D eigenvalue weighted by atomic mass is 9.86. The standard InChI is InChI=1S/C26H37N3O5/c1-17-11-7-8-14-20(29-24(33)34-25(2,3)4)22(31)23(32)28-19-13-10-9-12-18(19)27-21(30)16-26(5,6)15-17/h7-10,12-13,15,20,22,31H,11,14,16H2,1-6H3,(H,27,30)(H,28,32)(H,29,33)/b8-7-,17-15+. The van der Waals surface area contributed by atoms with Gasteiger partial charge in [-0.3, -0.25) is 9.59 Å². The number of carbonyl (C=O) groups excluding carboxylic acids is 3. The SMILES string of the molecule is C/C1=C\C(C)(C)CC(=O)Nc2ccccc2NC(=O)C(O)C(NC(=O)OC(C)(C)C)C/C=C\C1. The molecule has 2 atom stereocenters. The molecule has 1 heterocycles. The number of hydrogen-bond acceptors (Lipinski definition) is 5. The molecule has 8 nitrogen and oxygen atoms in total. The minimum absolute atomic E-state index is 0.191. The average Bonchev–Trinajstić information content (AvgIpc) is 2.68. The van der Waals surface area contributed by atoms with Crippen molar-refractivity contribution in [2.75, 3.05) is 10.6 Å². The number of carbonyl (C=O) groups is 3. The van der Waals surface area contributed by atoms with Gasteiger partial charge in [0.25, 0.3) is 5.91 Å². The van der Waals surface area contributed by atoms with E-state index in [-0.39, 0.29) is 24.2 Å². The number of aliphatic hydroxyl groups is 1. The Morgan fingerprint density at radius 1 is 1.12 bits per heavy atom. The number of hydrogen-bond donors (Lipinski definition) is 4. The fourth-order valence-corrected chi connectivity index (χ4v) is 3.71. The molecular weight excluding hydrogens is 434 g/mol. The molecule has 1 aromatic carbocycles. The molecule has 4 N–H and O–H groups in total. The highest BCUT2D eigenvalue weighted by Gasteiger charge is 2.29. The summed E-state index contributed by atoms with van der Waals surface area (Å²) >= 11 is 0. The maximum absolute atomic E-state index is 12.9. The number of fused-ring (bicyclic) bond motifs is 1. The first-order valence-corrected chi connectivity index (χ1v) is 11.5. The van der Waals surface area contributed by atoms with Crippen LogP contribution in [0.1, 0.15) is 60.8 Å². The Morgan fingerprint density at radius 2 is 1.74 bits per heavy atom. The van der Waals surface area contributed by atoms with Crippen molar-refractivity contribution in [1.82, 2.24) is 5.32 Å². The summed E-state index contributed by atoms with van der Waals surface area (Å²) in [7, 11) is 0. The molecule has 2 unspecified atom stereocenters. The topological polar surface area (TPSA) is 117 Å². The lowest BCUT2D eigenvalue weighted by molar-refractivity contribution is -0.125. The summed E-state index contributed by atoms with van der Waals surface area (Å²) in [6, 6.07) is 5.85. The van der Waals surface area contributed by atoms with Crippen molar-refractivity contribution in [1.29, 1.82) is 0 Å². The van der Waals surface area contributed by atoms with Gasteiger partial charge in [0.2, 0.25) is 5.91 Å². The first-order valence-electron chi connectivity index (χ1n) is 11.5. The van der Waals surface area contributed by atoms with E-state index in [0.717, 1.165) is 5.57 Å². The fourth-order valence-electron chi connectivity index (χ4n) is 3.71. The van der Waals surface area contributed by atoms with Crippen molar-refractivity contribution in [2.45, 2.75) is 78.6 Å². The zero-order valence-electron chi connectivity index (χ0n) is 20.9. The number of para-hydroxylation sites is 2. The van der Waals surface area contributed by atoms with Crippen LogP contribution in [-0.4, -0.2) is 40.8 Å². The number of amides is 3. The van der Waals surface area contributed by atoms with Gasteiger partial charge >= 0.3 is 6.09 Å². The molecule has 0 spiro atoms. The summed E-state index contributed by atoms with van der Waals surface area (Å²) < 4.78 is 5.30. The predicted octanol–water partition coefficient (Wildman–Crippen LogP) is 4.53. The van der Waals surface area contributed by atoms with Gasteiger partial charge in [-0.25, -0.2) is 4.79 Å². The van der Waals surface area contributed by atoms with Crippen LogP contribution < -0.4 is 16.0 Å².